The number of hydrogen-bond donors (Lipinski definition) is 0. The Morgan fingerprint density at radius 3 is 2.03 bits per heavy atom. The van der Waals surface area contributed by atoms with Crippen molar-refractivity contribution in [1.82, 2.24) is 0 Å². The van der Waals surface area contributed by atoms with Gasteiger partial charge in [0, 0.05) is 0 Å². The Bertz CT molecular complexity index is 989. The molecule has 0 aromatic heterocycles. The normalized spacial score (nSPS) is 37.9. The molecule has 1 aromatic carbocycles. The van der Waals surface area contributed by atoms with E-state index in [9.17, 15) is 0 Å². The first-order valence-electron chi connectivity index (χ1n) is 13.9. The van der Waals surface area contributed by atoms with Crippen LogP contribution in [0, 0.1) is 58.2 Å². The summed E-state index contributed by atoms with van der Waals surface area (Å²) < 4.78 is 0. The third kappa shape index (κ3) is 4.20. The largest absolute Gasteiger partial charge is 0.0805 e. The molecule has 0 spiro atoms. The monoisotopic (exact) mass is 454 g/mol. The Kier molecular flexibility index (Phi) is 6.11. The maximum Gasteiger partial charge on any atom is -0.00909 e. The summed E-state index contributed by atoms with van der Waals surface area (Å²) in [5, 5.41) is 0. The summed E-state index contributed by atoms with van der Waals surface area (Å²) in [6, 6.07) is 11.6. The zero-order valence-electron chi connectivity index (χ0n) is 22.5. The van der Waals surface area contributed by atoms with Crippen LogP contribution < -0.4 is 0 Å². The third-order valence-corrected chi connectivity index (χ3v) is 9.97. The van der Waals surface area contributed by atoms with Gasteiger partial charge in [0.2, 0.25) is 0 Å². The number of rotatable bonds is 3. The third-order valence-electron chi connectivity index (χ3n) is 9.97. The molecule has 9 unspecified atom stereocenters. The molecular formula is C34H46. The van der Waals surface area contributed by atoms with Crippen LogP contribution in [0.5, 0.6) is 0 Å². The average Bonchev–Trinajstić information content (AvgIpc) is 3.33. The molecule has 9 atom stereocenters. The highest BCUT2D eigenvalue weighted by Crippen LogP contribution is 2.61. The van der Waals surface area contributed by atoms with Crippen molar-refractivity contribution in [2.45, 2.75) is 67.2 Å². The van der Waals surface area contributed by atoms with Gasteiger partial charge in [-0.05, 0) is 88.1 Å². The number of allylic oxidation sites excluding steroid dienone is 8. The Hall–Kier alpha value is -1.82. The van der Waals surface area contributed by atoms with Crippen LogP contribution in [0.25, 0.3) is 0 Å². The van der Waals surface area contributed by atoms with Gasteiger partial charge in [-0.2, -0.15) is 0 Å². The molecule has 34 heavy (non-hydrogen) atoms. The summed E-state index contributed by atoms with van der Waals surface area (Å²) in [5.41, 5.74) is 3.71. The molecule has 0 nitrogen and oxygen atoms in total. The van der Waals surface area contributed by atoms with Crippen LogP contribution in [-0.4, -0.2) is 0 Å². The van der Waals surface area contributed by atoms with E-state index in [1.165, 1.54) is 18.4 Å². The molecule has 0 heteroatoms. The second kappa shape index (κ2) is 8.69. The van der Waals surface area contributed by atoms with E-state index in [1.807, 2.05) is 0 Å². The molecule has 0 aliphatic heterocycles. The van der Waals surface area contributed by atoms with Gasteiger partial charge < -0.3 is 0 Å². The minimum atomic E-state index is 0.210. The van der Waals surface area contributed by atoms with Crippen LogP contribution in [0.2, 0.25) is 0 Å². The molecule has 0 amide bonds. The van der Waals surface area contributed by atoms with E-state index in [2.05, 4.69) is 121 Å². The zero-order chi connectivity index (χ0) is 24.3. The van der Waals surface area contributed by atoms with Gasteiger partial charge >= 0.3 is 0 Å². The molecule has 0 bridgehead atoms. The van der Waals surface area contributed by atoms with Crippen molar-refractivity contribution >= 4 is 0 Å². The van der Waals surface area contributed by atoms with Crippen molar-refractivity contribution in [1.29, 1.82) is 0 Å². The maximum atomic E-state index is 2.67. The number of benzene rings is 1. The van der Waals surface area contributed by atoms with E-state index in [1.54, 1.807) is 5.56 Å². The lowest BCUT2D eigenvalue weighted by molar-refractivity contribution is 0.196. The zero-order valence-corrected chi connectivity index (χ0v) is 22.5. The van der Waals surface area contributed by atoms with Crippen LogP contribution in [0.15, 0.2) is 78.4 Å². The Balaban J connectivity index is 1.58. The smallest absolute Gasteiger partial charge is 0.00909 e. The molecule has 2 fully saturated rings. The highest BCUT2D eigenvalue weighted by Gasteiger charge is 2.54. The molecule has 2 saturated carbocycles. The minimum absolute atomic E-state index is 0.210. The number of fused-ring (bicyclic) bond motifs is 3. The van der Waals surface area contributed by atoms with E-state index in [0.29, 0.717) is 40.9 Å². The molecule has 4 aliphatic rings. The summed E-state index contributed by atoms with van der Waals surface area (Å²) in [4.78, 5) is 0. The van der Waals surface area contributed by atoms with Gasteiger partial charge in [-0.3, -0.25) is 0 Å². The molecule has 4 aliphatic carbocycles. The van der Waals surface area contributed by atoms with Crippen molar-refractivity contribution in [3.05, 3.63) is 84.0 Å². The van der Waals surface area contributed by atoms with Crippen LogP contribution in [0.4, 0.5) is 0 Å². The average molecular weight is 455 g/mol. The lowest BCUT2D eigenvalue weighted by atomic mass is 9.65. The van der Waals surface area contributed by atoms with Gasteiger partial charge in [0.25, 0.3) is 0 Å². The van der Waals surface area contributed by atoms with Gasteiger partial charge in [0.15, 0.2) is 0 Å². The number of hydrogen-bond acceptors (Lipinski definition) is 0. The summed E-state index contributed by atoms with van der Waals surface area (Å²) in [5.74, 6) is 6.16. The molecule has 0 heterocycles. The molecule has 1 aromatic rings. The molecule has 5 rings (SSSR count). The molecular weight excluding hydrogens is 408 g/mol. The predicted molar refractivity (Wildman–Crippen MR) is 146 cm³/mol. The highest BCUT2D eigenvalue weighted by molar-refractivity contribution is 5.38. The van der Waals surface area contributed by atoms with E-state index >= 15 is 0 Å². The van der Waals surface area contributed by atoms with E-state index < -0.39 is 0 Å². The lowest BCUT2D eigenvalue weighted by Crippen LogP contribution is -2.31. The standard InChI is InChI=1S/C34H46/c1-22-19-25(34(5,6)7)21-29(22)31(23-13-9-8-10-14-23)32-27-16-12-11-15-26(27)30-20-24(33(2,3)4)17-18-28(30)32/h8-18,20,22,25-32H,19,21H2,1-7H3. The first-order chi connectivity index (χ1) is 16.1. The molecule has 182 valence electrons. The van der Waals surface area contributed by atoms with Gasteiger partial charge in [-0.1, -0.05) is 121 Å². The van der Waals surface area contributed by atoms with Crippen molar-refractivity contribution in [3.8, 4) is 0 Å². The maximum absolute atomic E-state index is 2.67. The van der Waals surface area contributed by atoms with Crippen LogP contribution in [-0.2, 0) is 0 Å². The molecule has 0 radical (unpaired) electrons. The first kappa shape index (κ1) is 23.9. The second-order valence-corrected chi connectivity index (χ2v) is 14.0. The fourth-order valence-corrected chi connectivity index (χ4v) is 8.03. The fourth-order valence-electron chi connectivity index (χ4n) is 8.03. The quantitative estimate of drug-likeness (QED) is 0.427. The summed E-state index contributed by atoms with van der Waals surface area (Å²) >= 11 is 0. The van der Waals surface area contributed by atoms with Crippen molar-refractivity contribution in [3.63, 3.8) is 0 Å². The van der Waals surface area contributed by atoms with Crippen LogP contribution in [0.3, 0.4) is 0 Å². The lowest BCUT2D eigenvalue weighted by Gasteiger charge is -2.39. The van der Waals surface area contributed by atoms with Crippen molar-refractivity contribution in [2.24, 2.45) is 58.2 Å². The van der Waals surface area contributed by atoms with E-state index in [4.69, 9.17) is 0 Å². The summed E-state index contributed by atoms with van der Waals surface area (Å²) in [6.45, 7) is 17.0. The van der Waals surface area contributed by atoms with Gasteiger partial charge in [-0.25, -0.2) is 0 Å². The molecule has 0 N–H and O–H groups in total. The van der Waals surface area contributed by atoms with Gasteiger partial charge in [0.05, 0.1) is 0 Å². The Morgan fingerprint density at radius 1 is 0.765 bits per heavy atom. The fraction of sp³-hybridized carbons (Fsp3) is 0.588. The Labute approximate surface area is 209 Å². The SMILES string of the molecule is CC1CC(C(C)(C)C)CC1C(c1ccccc1)C1C2C=CC=CC2C2C=C(C(C)(C)C)C=CC21. The predicted octanol–water partition coefficient (Wildman–Crippen LogP) is 9.24. The summed E-state index contributed by atoms with van der Waals surface area (Å²) in [7, 11) is 0. The topological polar surface area (TPSA) is 0 Å². The Morgan fingerprint density at radius 2 is 1.41 bits per heavy atom. The molecule has 0 saturated heterocycles. The highest BCUT2D eigenvalue weighted by atomic mass is 14.6. The van der Waals surface area contributed by atoms with Gasteiger partial charge in [0.1, 0.15) is 0 Å². The van der Waals surface area contributed by atoms with Gasteiger partial charge in [-0.15, -0.1) is 0 Å². The minimum Gasteiger partial charge on any atom is -0.0805 e. The second-order valence-electron chi connectivity index (χ2n) is 14.0. The summed E-state index contributed by atoms with van der Waals surface area (Å²) in [6.07, 6.45) is 20.3. The van der Waals surface area contributed by atoms with E-state index in [-0.39, 0.29) is 5.41 Å². The van der Waals surface area contributed by atoms with Crippen LogP contribution >= 0.6 is 0 Å². The first-order valence-corrected chi connectivity index (χ1v) is 13.9. The van der Waals surface area contributed by atoms with E-state index in [0.717, 1.165) is 17.8 Å². The van der Waals surface area contributed by atoms with Crippen molar-refractivity contribution < 1.29 is 0 Å². The van der Waals surface area contributed by atoms with Crippen LogP contribution in [0.1, 0.15) is 72.8 Å². The van der Waals surface area contributed by atoms with Crippen molar-refractivity contribution in [2.75, 3.05) is 0 Å².